The first kappa shape index (κ1) is 32.1. The van der Waals surface area contributed by atoms with Gasteiger partial charge in [-0.25, -0.2) is 24.9 Å². The predicted molar refractivity (Wildman–Crippen MR) is 221 cm³/mol. The number of hydrogen-bond acceptors (Lipinski definition) is 6. The molecule has 0 aliphatic rings. The molecular formula is C49H31N5O. The van der Waals surface area contributed by atoms with Crippen molar-refractivity contribution in [1.82, 2.24) is 24.9 Å². The highest BCUT2D eigenvalue weighted by Crippen LogP contribution is 2.36. The van der Waals surface area contributed by atoms with Crippen molar-refractivity contribution in [2.24, 2.45) is 0 Å². The molecule has 0 spiro atoms. The van der Waals surface area contributed by atoms with E-state index in [2.05, 4.69) is 78.9 Å². The second-order valence-electron chi connectivity index (χ2n) is 13.3. The molecule has 0 bridgehead atoms. The Labute approximate surface area is 317 Å². The second-order valence-corrected chi connectivity index (χ2v) is 13.3. The lowest BCUT2D eigenvalue weighted by molar-refractivity contribution is 0.669. The lowest BCUT2D eigenvalue weighted by atomic mass is 10.0. The molecule has 6 nitrogen and oxygen atoms in total. The molecule has 55 heavy (non-hydrogen) atoms. The van der Waals surface area contributed by atoms with Gasteiger partial charge in [0.2, 0.25) is 0 Å². The predicted octanol–water partition coefficient (Wildman–Crippen LogP) is 12.2. The third kappa shape index (κ3) is 6.32. The Bertz CT molecular complexity index is 2830. The van der Waals surface area contributed by atoms with Crippen molar-refractivity contribution in [3.63, 3.8) is 0 Å². The van der Waals surface area contributed by atoms with Crippen LogP contribution in [0.2, 0.25) is 0 Å². The first-order valence-corrected chi connectivity index (χ1v) is 18.2. The minimum Gasteiger partial charge on any atom is -0.456 e. The van der Waals surface area contributed by atoms with Gasteiger partial charge in [0.1, 0.15) is 11.2 Å². The monoisotopic (exact) mass is 705 g/mol. The van der Waals surface area contributed by atoms with Crippen LogP contribution in [0.4, 0.5) is 0 Å². The molecule has 10 rings (SSSR count). The molecule has 7 aromatic carbocycles. The maximum absolute atomic E-state index is 6.42. The fraction of sp³-hybridized carbons (Fsp3) is 0. The van der Waals surface area contributed by atoms with E-state index >= 15 is 0 Å². The third-order valence-corrected chi connectivity index (χ3v) is 9.77. The van der Waals surface area contributed by atoms with Crippen LogP contribution in [0.5, 0.6) is 0 Å². The highest BCUT2D eigenvalue weighted by Gasteiger charge is 2.16. The second kappa shape index (κ2) is 13.8. The van der Waals surface area contributed by atoms with Crippen molar-refractivity contribution in [2.45, 2.75) is 0 Å². The zero-order chi connectivity index (χ0) is 36.6. The topological polar surface area (TPSA) is 77.6 Å². The first-order valence-electron chi connectivity index (χ1n) is 18.2. The van der Waals surface area contributed by atoms with Crippen LogP contribution < -0.4 is 0 Å². The highest BCUT2D eigenvalue weighted by molar-refractivity contribution is 6.07. The van der Waals surface area contributed by atoms with E-state index < -0.39 is 0 Å². The molecule has 3 heterocycles. The third-order valence-electron chi connectivity index (χ3n) is 9.77. The molecule has 0 fully saturated rings. The van der Waals surface area contributed by atoms with Gasteiger partial charge in [0.15, 0.2) is 23.3 Å². The number of aromatic nitrogens is 5. The summed E-state index contributed by atoms with van der Waals surface area (Å²) in [4.78, 5) is 24.7. The molecule has 0 aliphatic heterocycles. The van der Waals surface area contributed by atoms with Gasteiger partial charge in [-0.15, -0.1) is 0 Å². The number of fused-ring (bicyclic) bond motifs is 3. The van der Waals surface area contributed by atoms with Gasteiger partial charge in [-0.05, 0) is 41.5 Å². The summed E-state index contributed by atoms with van der Waals surface area (Å²) in [6.07, 6.45) is 0. The zero-order valence-corrected chi connectivity index (χ0v) is 29.5. The molecular weight excluding hydrogens is 675 g/mol. The molecule has 10 aromatic rings. The largest absolute Gasteiger partial charge is 0.456 e. The Morgan fingerprint density at radius 3 is 1.22 bits per heavy atom. The van der Waals surface area contributed by atoms with Crippen molar-refractivity contribution in [3.05, 3.63) is 188 Å². The van der Waals surface area contributed by atoms with Gasteiger partial charge in [-0.1, -0.05) is 158 Å². The van der Waals surface area contributed by atoms with Crippen molar-refractivity contribution >= 4 is 21.9 Å². The maximum atomic E-state index is 6.42. The van der Waals surface area contributed by atoms with Crippen LogP contribution in [0.3, 0.4) is 0 Å². The lowest BCUT2D eigenvalue weighted by Gasteiger charge is -2.10. The number of furan rings is 1. The van der Waals surface area contributed by atoms with E-state index in [1.54, 1.807) is 0 Å². The Hall–Kier alpha value is -7.57. The lowest BCUT2D eigenvalue weighted by Crippen LogP contribution is -2.00. The molecule has 0 saturated carbocycles. The summed E-state index contributed by atoms with van der Waals surface area (Å²) in [5, 5.41) is 2.07. The molecule has 258 valence electrons. The fourth-order valence-electron chi connectivity index (χ4n) is 6.94. The fourth-order valence-corrected chi connectivity index (χ4v) is 6.94. The summed E-state index contributed by atoms with van der Waals surface area (Å²) in [5.41, 5.74) is 11.3. The van der Waals surface area contributed by atoms with Crippen molar-refractivity contribution in [1.29, 1.82) is 0 Å². The van der Waals surface area contributed by atoms with Crippen molar-refractivity contribution in [3.8, 4) is 79.2 Å². The zero-order valence-electron chi connectivity index (χ0n) is 29.5. The van der Waals surface area contributed by atoms with Gasteiger partial charge < -0.3 is 4.42 Å². The Morgan fingerprint density at radius 2 is 0.673 bits per heavy atom. The summed E-state index contributed by atoms with van der Waals surface area (Å²) in [7, 11) is 0. The summed E-state index contributed by atoms with van der Waals surface area (Å²) >= 11 is 0. The van der Waals surface area contributed by atoms with Crippen LogP contribution in [0.1, 0.15) is 0 Å². The molecule has 6 heteroatoms. The van der Waals surface area contributed by atoms with Crippen molar-refractivity contribution in [2.75, 3.05) is 0 Å². The normalized spacial score (nSPS) is 11.3. The summed E-state index contributed by atoms with van der Waals surface area (Å²) in [5.74, 6) is 2.52. The summed E-state index contributed by atoms with van der Waals surface area (Å²) < 4.78 is 6.42. The van der Waals surface area contributed by atoms with Gasteiger partial charge in [0.25, 0.3) is 0 Å². The van der Waals surface area contributed by atoms with E-state index in [-0.39, 0.29) is 0 Å². The standard InChI is InChI=1S/C49H31N5O/c1-5-13-33(14-6-1)42-31-43(34-15-7-2-8-16-34)51-46(50-42)37-23-21-32(22-24-37)38-26-28-44-41(29-38)40-27-25-39(30-45(40)55-44)49-53-47(35-17-9-3-10-18-35)52-48(54-49)36-19-11-4-12-20-36/h1-31H. The average Bonchev–Trinajstić information content (AvgIpc) is 3.65. The number of hydrogen-bond donors (Lipinski definition) is 0. The van der Waals surface area contributed by atoms with E-state index in [0.29, 0.717) is 23.3 Å². The van der Waals surface area contributed by atoms with E-state index in [4.69, 9.17) is 29.3 Å². The molecule has 3 aromatic heterocycles. The first-order chi connectivity index (χ1) is 27.2. The number of nitrogens with zero attached hydrogens (tertiary/aromatic N) is 5. The molecule has 0 radical (unpaired) electrons. The SMILES string of the molecule is c1ccc(-c2cc(-c3ccccc3)nc(-c3ccc(-c4ccc5oc6cc(-c7nc(-c8ccccc8)nc(-c8ccccc8)n7)ccc6c5c4)cc3)n2)cc1. The maximum Gasteiger partial charge on any atom is 0.164 e. The van der Waals surface area contributed by atoms with E-state index in [0.717, 1.165) is 77.8 Å². The van der Waals surface area contributed by atoms with Crippen LogP contribution in [-0.4, -0.2) is 24.9 Å². The number of benzene rings is 7. The summed E-state index contributed by atoms with van der Waals surface area (Å²) in [6, 6.07) is 63.5. The van der Waals surface area contributed by atoms with Crippen LogP contribution >= 0.6 is 0 Å². The van der Waals surface area contributed by atoms with Crippen LogP contribution in [0.25, 0.3) is 101 Å². The Morgan fingerprint density at radius 1 is 0.255 bits per heavy atom. The van der Waals surface area contributed by atoms with Gasteiger partial charge in [0, 0.05) is 44.2 Å². The van der Waals surface area contributed by atoms with E-state index in [9.17, 15) is 0 Å². The van der Waals surface area contributed by atoms with Gasteiger partial charge >= 0.3 is 0 Å². The highest BCUT2D eigenvalue weighted by atomic mass is 16.3. The van der Waals surface area contributed by atoms with Crippen LogP contribution in [-0.2, 0) is 0 Å². The van der Waals surface area contributed by atoms with Crippen LogP contribution in [0, 0.1) is 0 Å². The molecule has 0 amide bonds. The average molecular weight is 706 g/mol. The quantitative estimate of drug-likeness (QED) is 0.164. The van der Waals surface area contributed by atoms with Gasteiger partial charge in [0.05, 0.1) is 11.4 Å². The van der Waals surface area contributed by atoms with Gasteiger partial charge in [-0.3, -0.25) is 0 Å². The molecule has 0 atom stereocenters. The summed E-state index contributed by atoms with van der Waals surface area (Å²) in [6.45, 7) is 0. The molecule has 0 N–H and O–H groups in total. The number of rotatable bonds is 7. The minimum absolute atomic E-state index is 0.588. The molecule has 0 saturated heterocycles. The van der Waals surface area contributed by atoms with Crippen LogP contribution in [0.15, 0.2) is 192 Å². The Kier molecular flexibility index (Phi) is 8.04. The molecule has 0 aliphatic carbocycles. The minimum atomic E-state index is 0.588. The van der Waals surface area contributed by atoms with Crippen molar-refractivity contribution < 1.29 is 4.42 Å². The Balaban J connectivity index is 0.995. The van der Waals surface area contributed by atoms with E-state index in [1.807, 2.05) is 109 Å². The van der Waals surface area contributed by atoms with E-state index in [1.165, 1.54) is 0 Å². The van der Waals surface area contributed by atoms with Gasteiger partial charge in [-0.2, -0.15) is 0 Å². The smallest absolute Gasteiger partial charge is 0.164 e. The molecule has 0 unspecified atom stereocenters.